The van der Waals surface area contributed by atoms with Gasteiger partial charge in [0, 0.05) is 44.6 Å². The first-order chi connectivity index (χ1) is 14.9. The molecule has 1 saturated heterocycles. The first-order valence-electron chi connectivity index (χ1n) is 10.6. The average Bonchev–Trinajstić information content (AvgIpc) is 2.80. The van der Waals surface area contributed by atoms with Crippen LogP contribution in [0.4, 0.5) is 0 Å². The lowest BCUT2D eigenvalue weighted by Gasteiger charge is -2.37. The van der Waals surface area contributed by atoms with Crippen LogP contribution in [0.5, 0.6) is 5.75 Å². The van der Waals surface area contributed by atoms with Crippen molar-refractivity contribution in [1.82, 2.24) is 9.80 Å². The number of aryl methyl sites for hydroxylation is 2. The van der Waals surface area contributed by atoms with Crippen LogP contribution >= 0.6 is 0 Å². The van der Waals surface area contributed by atoms with Gasteiger partial charge in [-0.05, 0) is 48.7 Å². The first-order valence-corrected chi connectivity index (χ1v) is 10.6. The molecule has 2 aromatic carbocycles. The van der Waals surface area contributed by atoms with Crippen molar-refractivity contribution in [1.29, 1.82) is 5.26 Å². The van der Waals surface area contributed by atoms with E-state index in [2.05, 4.69) is 11.0 Å². The minimum atomic E-state index is -0.352. The number of carbonyl (C=O) groups is 2. The number of hydrogen-bond donors (Lipinski definition) is 0. The molecule has 0 aliphatic carbocycles. The number of carbonyl (C=O) groups excluding carboxylic acids is 2. The van der Waals surface area contributed by atoms with Crippen LogP contribution in [0, 0.1) is 25.2 Å². The maximum absolute atomic E-state index is 12.6. The number of piperazine rings is 1. The lowest BCUT2D eigenvalue weighted by Crippen LogP contribution is -2.49. The molecular weight excluding hydrogens is 390 g/mol. The normalized spacial score (nSPS) is 15.2. The van der Waals surface area contributed by atoms with Crippen LogP contribution in [0.15, 0.2) is 42.5 Å². The van der Waals surface area contributed by atoms with Crippen molar-refractivity contribution in [3.8, 4) is 11.8 Å². The van der Waals surface area contributed by atoms with Crippen molar-refractivity contribution in [2.75, 3.05) is 33.3 Å². The third-order valence-electron chi connectivity index (χ3n) is 5.98. The quantitative estimate of drug-likeness (QED) is 0.640. The predicted molar refractivity (Wildman–Crippen MR) is 119 cm³/mol. The molecule has 31 heavy (non-hydrogen) atoms. The molecule has 0 spiro atoms. The number of Topliss-reactive ketones (excluding diaryl/α,β-unsaturated/α-hetero) is 1. The van der Waals surface area contributed by atoms with E-state index in [0.29, 0.717) is 31.7 Å². The second-order valence-electron chi connectivity index (χ2n) is 7.94. The Morgan fingerprint density at radius 3 is 2.26 bits per heavy atom. The Morgan fingerprint density at radius 2 is 1.68 bits per heavy atom. The average molecular weight is 420 g/mol. The molecule has 1 unspecified atom stereocenters. The van der Waals surface area contributed by atoms with Crippen LogP contribution in [0.1, 0.15) is 45.9 Å². The SMILES string of the molecule is COc1ccc(C(C#N)N2CCN(C(=O)CCC(=O)c3ccc(C)c(C)c3)CC2)cc1. The van der Waals surface area contributed by atoms with E-state index < -0.39 is 0 Å². The summed E-state index contributed by atoms with van der Waals surface area (Å²) >= 11 is 0. The third kappa shape index (κ3) is 5.50. The summed E-state index contributed by atoms with van der Waals surface area (Å²) in [5, 5.41) is 9.68. The van der Waals surface area contributed by atoms with Crippen LogP contribution in [0.3, 0.4) is 0 Å². The molecule has 1 heterocycles. The van der Waals surface area contributed by atoms with Crippen molar-refractivity contribution in [2.45, 2.75) is 32.7 Å². The molecule has 1 fully saturated rings. The van der Waals surface area contributed by atoms with Crippen molar-refractivity contribution < 1.29 is 14.3 Å². The van der Waals surface area contributed by atoms with E-state index in [1.807, 2.05) is 56.3 Å². The minimum Gasteiger partial charge on any atom is -0.497 e. The van der Waals surface area contributed by atoms with Crippen LogP contribution in [0.25, 0.3) is 0 Å². The summed E-state index contributed by atoms with van der Waals surface area (Å²) in [6, 6.07) is 15.2. The molecule has 2 aromatic rings. The molecule has 0 bridgehead atoms. The van der Waals surface area contributed by atoms with E-state index in [0.717, 1.165) is 22.4 Å². The van der Waals surface area contributed by atoms with Crippen molar-refractivity contribution in [2.24, 2.45) is 0 Å². The van der Waals surface area contributed by atoms with Crippen molar-refractivity contribution in [3.63, 3.8) is 0 Å². The van der Waals surface area contributed by atoms with Crippen LogP contribution in [-0.4, -0.2) is 54.8 Å². The molecular formula is C25H29N3O3. The number of amides is 1. The fourth-order valence-corrected chi connectivity index (χ4v) is 3.82. The van der Waals surface area contributed by atoms with E-state index >= 15 is 0 Å². The zero-order chi connectivity index (χ0) is 22.4. The van der Waals surface area contributed by atoms with Crippen LogP contribution < -0.4 is 4.74 Å². The Balaban J connectivity index is 1.51. The van der Waals surface area contributed by atoms with Gasteiger partial charge in [0.2, 0.25) is 5.91 Å². The largest absolute Gasteiger partial charge is 0.497 e. The molecule has 3 rings (SSSR count). The Hall–Kier alpha value is -3.17. The molecule has 162 valence electrons. The molecule has 1 aliphatic heterocycles. The molecule has 6 nitrogen and oxygen atoms in total. The number of ether oxygens (including phenoxy) is 1. The number of nitriles is 1. The summed E-state index contributed by atoms with van der Waals surface area (Å²) in [7, 11) is 1.61. The van der Waals surface area contributed by atoms with Gasteiger partial charge in [-0.1, -0.05) is 24.3 Å². The summed E-state index contributed by atoms with van der Waals surface area (Å²) in [4.78, 5) is 29.0. The molecule has 1 aliphatic rings. The topological polar surface area (TPSA) is 73.6 Å². The molecule has 6 heteroatoms. The van der Waals surface area contributed by atoms with Gasteiger partial charge in [-0.25, -0.2) is 0 Å². The van der Waals surface area contributed by atoms with Crippen LogP contribution in [0.2, 0.25) is 0 Å². The van der Waals surface area contributed by atoms with Gasteiger partial charge in [0.15, 0.2) is 5.78 Å². The second-order valence-corrected chi connectivity index (χ2v) is 7.94. The summed E-state index contributed by atoms with van der Waals surface area (Å²) in [5.74, 6) is 0.750. The van der Waals surface area contributed by atoms with E-state index in [1.165, 1.54) is 0 Å². The molecule has 0 saturated carbocycles. The van der Waals surface area contributed by atoms with Gasteiger partial charge < -0.3 is 9.64 Å². The van der Waals surface area contributed by atoms with Gasteiger partial charge in [-0.3, -0.25) is 14.5 Å². The molecule has 0 N–H and O–H groups in total. The highest BCUT2D eigenvalue weighted by atomic mass is 16.5. The highest BCUT2D eigenvalue weighted by Gasteiger charge is 2.27. The summed E-state index contributed by atoms with van der Waals surface area (Å²) in [6.45, 7) is 6.37. The van der Waals surface area contributed by atoms with E-state index in [9.17, 15) is 14.9 Å². The standard InChI is InChI=1S/C25H29N3O3/c1-18-4-5-21(16-19(18)2)24(29)10-11-25(30)28-14-12-27(13-15-28)23(17-26)20-6-8-22(31-3)9-7-20/h4-9,16,23H,10-15H2,1-3H3. The second kappa shape index (κ2) is 10.2. The maximum atomic E-state index is 12.6. The van der Waals surface area contributed by atoms with Gasteiger partial charge >= 0.3 is 0 Å². The van der Waals surface area contributed by atoms with Crippen LogP contribution in [-0.2, 0) is 4.79 Å². The number of ketones is 1. The fourth-order valence-electron chi connectivity index (χ4n) is 3.82. The Bertz CT molecular complexity index is 970. The monoisotopic (exact) mass is 419 g/mol. The summed E-state index contributed by atoms with van der Waals surface area (Å²) in [6.07, 6.45) is 0.431. The van der Waals surface area contributed by atoms with E-state index in [1.54, 1.807) is 12.0 Å². The van der Waals surface area contributed by atoms with Gasteiger partial charge in [0.1, 0.15) is 11.8 Å². The molecule has 1 atom stereocenters. The smallest absolute Gasteiger partial charge is 0.223 e. The zero-order valence-corrected chi connectivity index (χ0v) is 18.4. The number of hydrogen-bond acceptors (Lipinski definition) is 5. The lowest BCUT2D eigenvalue weighted by molar-refractivity contribution is -0.133. The first kappa shape index (κ1) is 22.5. The molecule has 0 aromatic heterocycles. The highest BCUT2D eigenvalue weighted by Crippen LogP contribution is 2.24. The van der Waals surface area contributed by atoms with E-state index in [-0.39, 0.29) is 30.6 Å². The fraction of sp³-hybridized carbons (Fsp3) is 0.400. The molecule has 0 radical (unpaired) electrons. The Morgan fingerprint density at radius 1 is 1.00 bits per heavy atom. The van der Waals surface area contributed by atoms with E-state index in [4.69, 9.17) is 4.74 Å². The van der Waals surface area contributed by atoms with Gasteiger partial charge in [-0.2, -0.15) is 5.26 Å². The highest BCUT2D eigenvalue weighted by molar-refractivity contribution is 5.98. The summed E-state index contributed by atoms with van der Waals surface area (Å²) in [5.41, 5.74) is 3.81. The van der Waals surface area contributed by atoms with Gasteiger partial charge in [-0.15, -0.1) is 0 Å². The van der Waals surface area contributed by atoms with Crippen molar-refractivity contribution in [3.05, 3.63) is 64.7 Å². The number of methoxy groups -OCH3 is 1. The Kier molecular flexibility index (Phi) is 7.43. The minimum absolute atomic E-state index is 0.000800. The molecule has 1 amide bonds. The number of benzene rings is 2. The van der Waals surface area contributed by atoms with Crippen molar-refractivity contribution >= 4 is 11.7 Å². The zero-order valence-electron chi connectivity index (χ0n) is 18.4. The lowest BCUT2D eigenvalue weighted by atomic mass is 10.0. The number of rotatable bonds is 7. The maximum Gasteiger partial charge on any atom is 0.223 e. The van der Waals surface area contributed by atoms with Gasteiger partial charge in [0.25, 0.3) is 0 Å². The Labute approximate surface area is 184 Å². The van der Waals surface area contributed by atoms with Gasteiger partial charge in [0.05, 0.1) is 13.2 Å². The number of nitrogens with zero attached hydrogens (tertiary/aromatic N) is 3. The third-order valence-corrected chi connectivity index (χ3v) is 5.98. The summed E-state index contributed by atoms with van der Waals surface area (Å²) < 4.78 is 5.18. The predicted octanol–water partition coefficient (Wildman–Crippen LogP) is 3.68.